The molecule has 1 unspecified atom stereocenters. The van der Waals surface area contributed by atoms with Gasteiger partial charge in [0.15, 0.2) is 0 Å². The summed E-state index contributed by atoms with van der Waals surface area (Å²) in [7, 11) is 0. The standard InChI is InChI=1S/C25H20O6/c1-15(31-25(29)21-5-3-19-13-23(27)9-7-17(19)11-21)14-30-24(28)20-4-2-18-12-22(26)8-6-16(18)10-20/h2-13,15,26-27H,14H2,1H3. The zero-order valence-electron chi connectivity index (χ0n) is 16.7. The average molecular weight is 416 g/mol. The van der Waals surface area contributed by atoms with E-state index >= 15 is 0 Å². The van der Waals surface area contributed by atoms with Gasteiger partial charge in [-0.15, -0.1) is 0 Å². The van der Waals surface area contributed by atoms with Crippen molar-refractivity contribution in [3.8, 4) is 11.5 Å². The average Bonchev–Trinajstić information content (AvgIpc) is 2.76. The monoisotopic (exact) mass is 416 g/mol. The molecular weight excluding hydrogens is 396 g/mol. The third-order valence-electron chi connectivity index (χ3n) is 4.88. The zero-order chi connectivity index (χ0) is 22.0. The summed E-state index contributed by atoms with van der Waals surface area (Å²) in [6.45, 7) is 1.56. The molecule has 0 amide bonds. The zero-order valence-corrected chi connectivity index (χ0v) is 16.7. The van der Waals surface area contributed by atoms with Crippen molar-refractivity contribution in [1.29, 1.82) is 0 Å². The SMILES string of the molecule is CC(COC(=O)c1ccc2cc(O)ccc2c1)OC(=O)c1ccc2cc(O)ccc2c1. The molecule has 6 heteroatoms. The Bertz CT molecular complexity index is 1290. The molecule has 4 rings (SSSR count). The summed E-state index contributed by atoms with van der Waals surface area (Å²) in [5.74, 6) is -0.738. The molecule has 2 N–H and O–H groups in total. The van der Waals surface area contributed by atoms with Crippen LogP contribution in [0.5, 0.6) is 11.5 Å². The van der Waals surface area contributed by atoms with Gasteiger partial charge in [-0.3, -0.25) is 0 Å². The Morgan fingerprint density at radius 3 is 1.71 bits per heavy atom. The van der Waals surface area contributed by atoms with Gasteiger partial charge < -0.3 is 19.7 Å². The molecule has 0 bridgehead atoms. The first-order valence-electron chi connectivity index (χ1n) is 9.73. The van der Waals surface area contributed by atoms with Crippen LogP contribution in [-0.4, -0.2) is 34.9 Å². The van der Waals surface area contributed by atoms with Gasteiger partial charge in [0.2, 0.25) is 0 Å². The highest BCUT2D eigenvalue weighted by molar-refractivity contribution is 5.96. The molecule has 156 valence electrons. The van der Waals surface area contributed by atoms with Gasteiger partial charge in [0.1, 0.15) is 24.2 Å². The number of rotatable bonds is 5. The summed E-state index contributed by atoms with van der Waals surface area (Å²) in [5.41, 5.74) is 0.739. The Labute approximate surface area is 178 Å². The lowest BCUT2D eigenvalue weighted by Crippen LogP contribution is -2.22. The molecule has 0 fully saturated rings. The first-order valence-corrected chi connectivity index (χ1v) is 9.73. The quantitative estimate of drug-likeness (QED) is 0.454. The molecule has 0 heterocycles. The van der Waals surface area contributed by atoms with Crippen molar-refractivity contribution in [3.05, 3.63) is 83.9 Å². The van der Waals surface area contributed by atoms with Crippen molar-refractivity contribution in [1.82, 2.24) is 0 Å². The van der Waals surface area contributed by atoms with E-state index in [2.05, 4.69) is 0 Å². The Balaban J connectivity index is 1.36. The lowest BCUT2D eigenvalue weighted by molar-refractivity contribution is 0.00450. The van der Waals surface area contributed by atoms with E-state index in [9.17, 15) is 19.8 Å². The van der Waals surface area contributed by atoms with Gasteiger partial charge in [0.05, 0.1) is 11.1 Å². The summed E-state index contributed by atoms with van der Waals surface area (Å²) in [4.78, 5) is 24.8. The fourth-order valence-electron chi connectivity index (χ4n) is 3.28. The van der Waals surface area contributed by atoms with E-state index < -0.39 is 18.0 Å². The van der Waals surface area contributed by atoms with Crippen LogP contribution >= 0.6 is 0 Å². The molecule has 0 spiro atoms. The number of aromatic hydroxyl groups is 2. The van der Waals surface area contributed by atoms with E-state index in [1.807, 2.05) is 0 Å². The van der Waals surface area contributed by atoms with Crippen molar-refractivity contribution in [2.45, 2.75) is 13.0 Å². The molecule has 0 saturated carbocycles. The van der Waals surface area contributed by atoms with Gasteiger partial charge in [0.25, 0.3) is 0 Å². The predicted octanol–water partition coefficient (Wildman–Crippen LogP) is 4.81. The second-order valence-corrected chi connectivity index (χ2v) is 7.31. The lowest BCUT2D eigenvalue weighted by atomic mass is 10.1. The highest BCUT2D eigenvalue weighted by Gasteiger charge is 2.16. The molecule has 4 aromatic rings. The van der Waals surface area contributed by atoms with E-state index in [0.29, 0.717) is 11.1 Å². The highest BCUT2D eigenvalue weighted by atomic mass is 16.6. The lowest BCUT2D eigenvalue weighted by Gasteiger charge is -2.14. The van der Waals surface area contributed by atoms with Gasteiger partial charge in [-0.25, -0.2) is 9.59 Å². The van der Waals surface area contributed by atoms with Crippen LogP contribution in [0.15, 0.2) is 72.8 Å². The molecule has 0 radical (unpaired) electrons. The maximum atomic E-state index is 12.4. The minimum atomic E-state index is -0.635. The second kappa shape index (κ2) is 8.36. The molecule has 0 saturated heterocycles. The van der Waals surface area contributed by atoms with Crippen LogP contribution in [0.3, 0.4) is 0 Å². The first kappa shape index (κ1) is 20.2. The third kappa shape index (κ3) is 4.59. The fourth-order valence-corrected chi connectivity index (χ4v) is 3.28. The summed E-state index contributed by atoms with van der Waals surface area (Å²) < 4.78 is 10.7. The number of hydrogen-bond donors (Lipinski definition) is 2. The molecule has 1 atom stereocenters. The molecule has 0 aliphatic heterocycles. The van der Waals surface area contributed by atoms with Crippen molar-refractivity contribution >= 4 is 33.5 Å². The molecule has 0 aliphatic rings. The van der Waals surface area contributed by atoms with Crippen molar-refractivity contribution in [2.24, 2.45) is 0 Å². The van der Waals surface area contributed by atoms with Crippen molar-refractivity contribution in [3.63, 3.8) is 0 Å². The van der Waals surface area contributed by atoms with E-state index in [1.165, 1.54) is 0 Å². The van der Waals surface area contributed by atoms with Crippen LogP contribution in [0, 0.1) is 0 Å². The maximum absolute atomic E-state index is 12.4. The number of benzene rings is 4. The smallest absolute Gasteiger partial charge is 0.338 e. The van der Waals surface area contributed by atoms with Crippen molar-refractivity contribution < 1.29 is 29.3 Å². The molecular formula is C25H20O6. The minimum Gasteiger partial charge on any atom is -0.508 e. The summed E-state index contributed by atoms with van der Waals surface area (Å²) in [6.07, 6.45) is -0.635. The number of fused-ring (bicyclic) bond motifs is 2. The van der Waals surface area contributed by atoms with Crippen LogP contribution in [0.1, 0.15) is 27.6 Å². The van der Waals surface area contributed by atoms with Gasteiger partial charge in [-0.1, -0.05) is 24.3 Å². The van der Waals surface area contributed by atoms with Crippen LogP contribution in [0.2, 0.25) is 0 Å². The Kier molecular flexibility index (Phi) is 5.45. The minimum absolute atomic E-state index is 0.0837. The molecule has 0 aromatic heterocycles. The van der Waals surface area contributed by atoms with Gasteiger partial charge in [0, 0.05) is 0 Å². The number of esters is 2. The molecule has 31 heavy (non-hydrogen) atoms. The van der Waals surface area contributed by atoms with Crippen LogP contribution in [-0.2, 0) is 9.47 Å². The predicted molar refractivity (Wildman–Crippen MR) is 116 cm³/mol. The number of hydrogen-bond acceptors (Lipinski definition) is 6. The topological polar surface area (TPSA) is 93.1 Å². The highest BCUT2D eigenvalue weighted by Crippen LogP contribution is 2.23. The second-order valence-electron chi connectivity index (χ2n) is 7.31. The first-order chi connectivity index (χ1) is 14.9. The summed E-state index contributed by atoms with van der Waals surface area (Å²) in [6, 6.07) is 19.8. The van der Waals surface area contributed by atoms with E-state index in [0.717, 1.165) is 21.5 Å². The van der Waals surface area contributed by atoms with Crippen LogP contribution in [0.25, 0.3) is 21.5 Å². The normalized spacial score (nSPS) is 11.9. The van der Waals surface area contributed by atoms with E-state index in [-0.39, 0.29) is 18.1 Å². The fraction of sp³-hybridized carbons (Fsp3) is 0.120. The van der Waals surface area contributed by atoms with Gasteiger partial charge in [-0.2, -0.15) is 0 Å². The number of phenols is 2. The summed E-state index contributed by atoms with van der Waals surface area (Å²) >= 11 is 0. The number of phenolic OH excluding ortho intramolecular Hbond substituents is 2. The van der Waals surface area contributed by atoms with Gasteiger partial charge in [-0.05, 0) is 77.0 Å². The maximum Gasteiger partial charge on any atom is 0.338 e. The Morgan fingerprint density at radius 2 is 1.16 bits per heavy atom. The number of carbonyl (C=O) groups is 2. The van der Waals surface area contributed by atoms with Crippen molar-refractivity contribution in [2.75, 3.05) is 6.61 Å². The largest absolute Gasteiger partial charge is 0.508 e. The van der Waals surface area contributed by atoms with Crippen LogP contribution in [0.4, 0.5) is 0 Å². The third-order valence-corrected chi connectivity index (χ3v) is 4.88. The molecule has 6 nitrogen and oxygen atoms in total. The number of ether oxygens (including phenoxy) is 2. The van der Waals surface area contributed by atoms with E-state index in [1.54, 1.807) is 79.7 Å². The Morgan fingerprint density at radius 1 is 0.710 bits per heavy atom. The molecule has 4 aromatic carbocycles. The van der Waals surface area contributed by atoms with E-state index in [4.69, 9.17) is 9.47 Å². The number of carbonyl (C=O) groups excluding carboxylic acids is 2. The van der Waals surface area contributed by atoms with Gasteiger partial charge >= 0.3 is 11.9 Å². The van der Waals surface area contributed by atoms with Crippen LogP contribution < -0.4 is 0 Å². The Hall–Kier alpha value is -4.06. The summed E-state index contributed by atoms with van der Waals surface area (Å²) in [5, 5.41) is 22.3. The molecule has 0 aliphatic carbocycles.